The van der Waals surface area contributed by atoms with Gasteiger partial charge in [-0.15, -0.1) is 0 Å². The lowest BCUT2D eigenvalue weighted by Gasteiger charge is -2.19. The molecule has 0 aliphatic heterocycles. The highest BCUT2D eigenvalue weighted by molar-refractivity contribution is 7.87. The van der Waals surface area contributed by atoms with Gasteiger partial charge in [-0.05, 0) is 26.8 Å². The van der Waals surface area contributed by atoms with Gasteiger partial charge in [-0.3, -0.25) is 0 Å². The monoisotopic (exact) mass is 227 g/mol. The molecule has 3 atom stereocenters. The average molecular weight is 227 g/mol. The van der Waals surface area contributed by atoms with E-state index in [9.17, 15) is 13.5 Å². The van der Waals surface area contributed by atoms with Gasteiger partial charge in [0.15, 0.2) is 6.29 Å². The lowest BCUT2D eigenvalue weighted by Crippen LogP contribution is -2.36. The van der Waals surface area contributed by atoms with Gasteiger partial charge in [0.1, 0.15) is 5.25 Å². The fourth-order valence-electron chi connectivity index (χ4n) is 1.06. The van der Waals surface area contributed by atoms with Crippen LogP contribution in [0.25, 0.3) is 0 Å². The Morgan fingerprint density at radius 3 is 2.14 bits per heavy atom. The van der Waals surface area contributed by atoms with Crippen LogP contribution in [0.3, 0.4) is 0 Å². The first kappa shape index (κ1) is 13.8. The molecule has 14 heavy (non-hydrogen) atoms. The summed E-state index contributed by atoms with van der Waals surface area (Å²) in [6.07, 6.45) is -2.41. The van der Waals surface area contributed by atoms with Crippen LogP contribution in [0.5, 0.6) is 0 Å². The molecule has 0 aliphatic rings. The third-order valence-electron chi connectivity index (χ3n) is 1.63. The summed E-state index contributed by atoms with van der Waals surface area (Å²) in [4.78, 5) is 0. The minimum absolute atomic E-state index is 0.0900. The van der Waals surface area contributed by atoms with Crippen molar-refractivity contribution in [3.05, 3.63) is 0 Å². The van der Waals surface area contributed by atoms with E-state index in [0.717, 1.165) is 0 Å². The van der Waals surface area contributed by atoms with Gasteiger partial charge >= 0.3 is 0 Å². The van der Waals surface area contributed by atoms with E-state index in [0.29, 0.717) is 0 Å². The second-order valence-electron chi connectivity index (χ2n) is 3.04. The maximum Gasteiger partial charge on any atom is 0.275 e. The Bertz CT molecular complexity index is 249. The molecule has 4 N–H and O–H groups in total. The fourth-order valence-corrected chi connectivity index (χ4v) is 2.49. The molecule has 0 fully saturated rings. The van der Waals surface area contributed by atoms with Crippen molar-refractivity contribution in [1.82, 2.24) is 0 Å². The van der Waals surface area contributed by atoms with Crippen molar-refractivity contribution in [3.8, 4) is 0 Å². The predicted octanol–water partition coefficient (Wildman–Crippen LogP) is -1.23. The summed E-state index contributed by atoms with van der Waals surface area (Å²) in [7, 11) is -3.96. The average Bonchev–Trinajstić information content (AvgIpc) is 1.96. The SMILES string of the molecule is CC(O)OS(=O)(=O)C(CCN)C(C)O. The molecule has 0 aromatic heterocycles. The first-order chi connectivity index (χ1) is 6.31. The number of rotatable bonds is 6. The van der Waals surface area contributed by atoms with Crippen molar-refractivity contribution in [2.24, 2.45) is 5.73 Å². The fraction of sp³-hybridized carbons (Fsp3) is 1.00. The zero-order valence-electron chi connectivity index (χ0n) is 8.25. The van der Waals surface area contributed by atoms with Crippen molar-refractivity contribution in [1.29, 1.82) is 0 Å². The number of hydrogen-bond acceptors (Lipinski definition) is 6. The summed E-state index contributed by atoms with van der Waals surface area (Å²) in [5.74, 6) is 0. The van der Waals surface area contributed by atoms with E-state index in [1.807, 2.05) is 0 Å². The summed E-state index contributed by atoms with van der Waals surface area (Å²) in [6.45, 7) is 2.64. The van der Waals surface area contributed by atoms with Crippen LogP contribution in [-0.4, -0.2) is 42.8 Å². The molecule has 0 aromatic rings. The highest BCUT2D eigenvalue weighted by atomic mass is 32.2. The van der Waals surface area contributed by atoms with Crippen molar-refractivity contribution in [2.45, 2.75) is 37.9 Å². The summed E-state index contributed by atoms with van der Waals surface area (Å²) in [6, 6.07) is 0. The highest BCUT2D eigenvalue weighted by Gasteiger charge is 2.31. The first-order valence-corrected chi connectivity index (χ1v) is 5.76. The number of nitrogens with two attached hydrogens (primary N) is 1. The molecule has 86 valence electrons. The Kier molecular flexibility index (Phi) is 5.53. The zero-order valence-corrected chi connectivity index (χ0v) is 9.07. The van der Waals surface area contributed by atoms with E-state index >= 15 is 0 Å². The topological polar surface area (TPSA) is 110 Å². The Labute approximate surface area is 83.8 Å². The molecular formula is C7H17NO5S. The summed E-state index contributed by atoms with van der Waals surface area (Å²) >= 11 is 0. The van der Waals surface area contributed by atoms with Gasteiger partial charge in [0.05, 0.1) is 6.10 Å². The molecule has 0 rings (SSSR count). The van der Waals surface area contributed by atoms with Crippen LogP contribution < -0.4 is 5.73 Å². The van der Waals surface area contributed by atoms with Crippen LogP contribution >= 0.6 is 0 Å². The zero-order chi connectivity index (χ0) is 11.4. The van der Waals surface area contributed by atoms with E-state index < -0.39 is 27.8 Å². The minimum atomic E-state index is -3.96. The Morgan fingerprint density at radius 2 is 1.86 bits per heavy atom. The van der Waals surface area contributed by atoms with Crippen molar-refractivity contribution < 1.29 is 22.8 Å². The third kappa shape index (κ3) is 4.34. The summed E-state index contributed by atoms with van der Waals surface area (Å²) in [5.41, 5.74) is 5.20. The Morgan fingerprint density at radius 1 is 1.36 bits per heavy atom. The predicted molar refractivity (Wildman–Crippen MR) is 50.8 cm³/mol. The van der Waals surface area contributed by atoms with E-state index in [2.05, 4.69) is 4.18 Å². The minimum Gasteiger partial charge on any atom is -0.392 e. The first-order valence-electron chi connectivity index (χ1n) is 4.29. The Hall–Kier alpha value is -0.210. The van der Waals surface area contributed by atoms with E-state index in [-0.39, 0.29) is 13.0 Å². The van der Waals surface area contributed by atoms with Gasteiger partial charge in [0, 0.05) is 0 Å². The van der Waals surface area contributed by atoms with Gasteiger partial charge in [0.2, 0.25) is 0 Å². The highest BCUT2D eigenvalue weighted by Crippen LogP contribution is 2.13. The van der Waals surface area contributed by atoms with Crippen LogP contribution in [0, 0.1) is 0 Å². The molecule has 0 saturated carbocycles. The molecule has 0 saturated heterocycles. The smallest absolute Gasteiger partial charge is 0.275 e. The van der Waals surface area contributed by atoms with Gasteiger partial charge in [0.25, 0.3) is 10.1 Å². The number of aliphatic hydroxyl groups excluding tert-OH is 2. The number of aliphatic hydroxyl groups is 2. The number of hydrogen-bond donors (Lipinski definition) is 3. The maximum absolute atomic E-state index is 11.4. The molecule has 0 spiro atoms. The largest absolute Gasteiger partial charge is 0.392 e. The van der Waals surface area contributed by atoms with Crippen LogP contribution in [0.4, 0.5) is 0 Å². The van der Waals surface area contributed by atoms with Crippen molar-refractivity contribution >= 4 is 10.1 Å². The summed E-state index contributed by atoms with van der Waals surface area (Å²) in [5, 5.41) is 16.9. The molecule has 0 aliphatic carbocycles. The van der Waals surface area contributed by atoms with Gasteiger partial charge in [-0.25, -0.2) is 4.18 Å². The van der Waals surface area contributed by atoms with Crippen LogP contribution in [0.2, 0.25) is 0 Å². The van der Waals surface area contributed by atoms with Gasteiger partial charge < -0.3 is 15.9 Å². The van der Waals surface area contributed by atoms with Gasteiger partial charge in [-0.1, -0.05) is 0 Å². The van der Waals surface area contributed by atoms with Crippen LogP contribution in [0.15, 0.2) is 0 Å². The maximum atomic E-state index is 11.4. The normalized spacial score (nSPS) is 18.9. The molecule has 6 nitrogen and oxygen atoms in total. The van der Waals surface area contributed by atoms with Crippen LogP contribution in [-0.2, 0) is 14.3 Å². The second kappa shape index (κ2) is 5.62. The molecule has 0 heterocycles. The van der Waals surface area contributed by atoms with Gasteiger partial charge in [-0.2, -0.15) is 8.42 Å². The summed E-state index contributed by atoms with van der Waals surface area (Å²) < 4.78 is 27.1. The Balaban J connectivity index is 4.63. The molecule has 3 unspecified atom stereocenters. The van der Waals surface area contributed by atoms with Crippen molar-refractivity contribution in [3.63, 3.8) is 0 Å². The third-order valence-corrected chi connectivity index (χ3v) is 3.55. The van der Waals surface area contributed by atoms with E-state index in [1.165, 1.54) is 13.8 Å². The molecule has 7 heteroatoms. The standard InChI is InChI=1S/C7H17NO5S/c1-5(9)7(3-4-8)14(11,12)13-6(2)10/h5-7,9-10H,3-4,8H2,1-2H3. The van der Waals surface area contributed by atoms with E-state index in [4.69, 9.17) is 10.8 Å². The van der Waals surface area contributed by atoms with Crippen LogP contribution in [0.1, 0.15) is 20.3 Å². The molecule has 0 amide bonds. The second-order valence-corrected chi connectivity index (χ2v) is 4.83. The molecular weight excluding hydrogens is 210 g/mol. The lowest BCUT2D eigenvalue weighted by atomic mass is 10.2. The van der Waals surface area contributed by atoms with Crippen molar-refractivity contribution in [2.75, 3.05) is 6.54 Å². The molecule has 0 radical (unpaired) electrons. The lowest BCUT2D eigenvalue weighted by molar-refractivity contribution is 0.00250. The quantitative estimate of drug-likeness (QED) is 0.387. The molecule has 0 bridgehead atoms. The van der Waals surface area contributed by atoms with E-state index in [1.54, 1.807) is 0 Å². The molecule has 0 aromatic carbocycles.